The van der Waals surface area contributed by atoms with Crippen LogP contribution in [0, 0.1) is 0 Å². The van der Waals surface area contributed by atoms with Gasteiger partial charge in [-0.15, -0.1) is 0 Å². The number of carbonyl (C=O) groups is 1. The normalized spacial score (nSPS) is 48.7. The Morgan fingerprint density at radius 2 is 2.18 bits per heavy atom. The molecule has 0 saturated carbocycles. The molecule has 0 bridgehead atoms. The van der Waals surface area contributed by atoms with E-state index < -0.39 is 0 Å². The monoisotopic (exact) mass is 158 g/mol. The Hall–Kier alpha value is -0.450. The van der Waals surface area contributed by atoms with Crippen molar-refractivity contribution in [2.24, 2.45) is 0 Å². The third-order valence-electron chi connectivity index (χ3n) is 2.05. The minimum atomic E-state index is -0.385. The second kappa shape index (κ2) is 2.27. The first-order chi connectivity index (χ1) is 5.24. The number of ketones is 1. The molecule has 2 rings (SSSR count). The first-order valence-corrected chi connectivity index (χ1v) is 3.61. The van der Waals surface area contributed by atoms with Gasteiger partial charge in [-0.05, 0) is 6.92 Å². The van der Waals surface area contributed by atoms with E-state index in [-0.39, 0.29) is 30.4 Å². The number of methoxy groups -OCH3 is 1. The summed E-state index contributed by atoms with van der Waals surface area (Å²) in [7, 11) is 1.55. The van der Waals surface area contributed by atoms with Gasteiger partial charge in [0.05, 0.1) is 0 Å². The Balaban J connectivity index is 2.07. The van der Waals surface area contributed by atoms with Gasteiger partial charge >= 0.3 is 0 Å². The van der Waals surface area contributed by atoms with E-state index in [0.29, 0.717) is 0 Å². The predicted octanol–water partition coefficient (Wildman–Crippen LogP) is -0.286. The lowest BCUT2D eigenvalue weighted by Crippen LogP contribution is -2.40. The molecule has 2 aliphatic rings. The quantitative estimate of drug-likeness (QED) is 0.492. The number of carbonyl (C=O) groups excluding carboxylic acids is 1. The van der Waals surface area contributed by atoms with Gasteiger partial charge in [0.15, 0.2) is 18.2 Å². The summed E-state index contributed by atoms with van der Waals surface area (Å²) in [4.78, 5) is 11.1. The summed E-state index contributed by atoms with van der Waals surface area (Å²) in [6.45, 7) is 1.71. The molecule has 0 amide bonds. The number of hydrogen-bond donors (Lipinski definition) is 0. The van der Waals surface area contributed by atoms with Gasteiger partial charge < -0.3 is 14.2 Å². The van der Waals surface area contributed by atoms with Gasteiger partial charge in [-0.1, -0.05) is 0 Å². The van der Waals surface area contributed by atoms with Gasteiger partial charge in [0.25, 0.3) is 0 Å². The fourth-order valence-electron chi connectivity index (χ4n) is 1.33. The second-order valence-electron chi connectivity index (χ2n) is 2.81. The topological polar surface area (TPSA) is 48.1 Å². The Morgan fingerprint density at radius 1 is 1.45 bits per heavy atom. The van der Waals surface area contributed by atoms with E-state index in [4.69, 9.17) is 14.2 Å². The zero-order chi connectivity index (χ0) is 8.01. The standard InChI is InChI=1S/C7H10O4/c1-3-4(8)5-6(11-5)7(9-2)10-3/h3,5-7H,1-2H3/t3-,5+,6+,7+/m1/s1. The van der Waals surface area contributed by atoms with E-state index >= 15 is 0 Å². The van der Waals surface area contributed by atoms with Gasteiger partial charge in [-0.3, -0.25) is 4.79 Å². The molecule has 2 heterocycles. The molecule has 0 N–H and O–H groups in total. The second-order valence-corrected chi connectivity index (χ2v) is 2.81. The number of rotatable bonds is 1. The van der Waals surface area contributed by atoms with Crippen LogP contribution >= 0.6 is 0 Å². The van der Waals surface area contributed by atoms with Crippen LogP contribution in [0.15, 0.2) is 0 Å². The van der Waals surface area contributed by atoms with E-state index in [2.05, 4.69) is 0 Å². The highest BCUT2D eigenvalue weighted by molar-refractivity contribution is 5.90. The molecule has 2 fully saturated rings. The molecule has 0 aromatic carbocycles. The molecule has 4 atom stereocenters. The fraction of sp³-hybridized carbons (Fsp3) is 0.857. The van der Waals surface area contributed by atoms with Crippen LogP contribution in [0.3, 0.4) is 0 Å². The Bertz CT molecular complexity index is 187. The molecule has 0 aliphatic carbocycles. The number of Topliss-reactive ketones (excluding diaryl/α,β-unsaturated/α-hetero) is 1. The third kappa shape index (κ3) is 0.982. The Kier molecular flexibility index (Phi) is 1.49. The smallest absolute Gasteiger partial charge is 0.192 e. The zero-order valence-electron chi connectivity index (χ0n) is 6.44. The minimum Gasteiger partial charge on any atom is -0.356 e. The molecule has 2 aliphatic heterocycles. The van der Waals surface area contributed by atoms with Crippen molar-refractivity contribution in [1.82, 2.24) is 0 Å². The van der Waals surface area contributed by atoms with Crippen LogP contribution in [0.2, 0.25) is 0 Å². The molecule has 0 spiro atoms. The van der Waals surface area contributed by atoms with Crippen molar-refractivity contribution in [3.8, 4) is 0 Å². The fourth-order valence-corrected chi connectivity index (χ4v) is 1.33. The first-order valence-electron chi connectivity index (χ1n) is 3.61. The SMILES string of the molecule is CO[C@H]1O[C@H](C)C(=O)[C@@H]2O[C@H]12. The molecule has 0 unspecified atom stereocenters. The Labute approximate surface area is 64.4 Å². The Morgan fingerprint density at radius 3 is 2.82 bits per heavy atom. The van der Waals surface area contributed by atoms with Crippen LogP contribution in [-0.2, 0) is 19.0 Å². The molecule has 11 heavy (non-hydrogen) atoms. The maximum Gasteiger partial charge on any atom is 0.192 e. The lowest BCUT2D eigenvalue weighted by atomic mass is 10.1. The van der Waals surface area contributed by atoms with Crippen molar-refractivity contribution in [3.63, 3.8) is 0 Å². The van der Waals surface area contributed by atoms with Gasteiger partial charge in [-0.25, -0.2) is 0 Å². The van der Waals surface area contributed by atoms with E-state index in [9.17, 15) is 4.79 Å². The summed E-state index contributed by atoms with van der Waals surface area (Å²) in [5.74, 6) is 0.0308. The van der Waals surface area contributed by atoms with E-state index in [1.165, 1.54) is 0 Å². The van der Waals surface area contributed by atoms with Crippen LogP contribution < -0.4 is 0 Å². The highest BCUT2D eigenvalue weighted by Gasteiger charge is 2.56. The molecule has 0 radical (unpaired) electrons. The molecule has 62 valence electrons. The lowest BCUT2D eigenvalue weighted by molar-refractivity contribution is -0.177. The van der Waals surface area contributed by atoms with Crippen molar-refractivity contribution in [1.29, 1.82) is 0 Å². The van der Waals surface area contributed by atoms with Crippen molar-refractivity contribution in [2.45, 2.75) is 31.5 Å². The van der Waals surface area contributed by atoms with Gasteiger partial charge in [-0.2, -0.15) is 0 Å². The maximum absolute atomic E-state index is 11.1. The summed E-state index contributed by atoms with van der Waals surface area (Å²) in [6, 6.07) is 0. The van der Waals surface area contributed by atoms with Gasteiger partial charge in [0.1, 0.15) is 12.2 Å². The number of fused-ring (bicyclic) bond motifs is 1. The summed E-state index contributed by atoms with van der Waals surface area (Å²) in [6.07, 6.45) is -1.15. The molecule has 0 aromatic heterocycles. The summed E-state index contributed by atoms with van der Waals surface area (Å²) < 4.78 is 15.2. The van der Waals surface area contributed by atoms with Gasteiger partial charge in [0.2, 0.25) is 0 Å². The van der Waals surface area contributed by atoms with E-state index in [1.807, 2.05) is 0 Å². The molecular weight excluding hydrogens is 148 g/mol. The van der Waals surface area contributed by atoms with Crippen LogP contribution in [-0.4, -0.2) is 37.5 Å². The minimum absolute atomic E-state index is 0.0308. The molecule has 0 aromatic rings. The molecular formula is C7H10O4. The number of hydrogen-bond acceptors (Lipinski definition) is 4. The first kappa shape index (κ1) is 7.21. The molecule has 4 heteroatoms. The average molecular weight is 158 g/mol. The van der Waals surface area contributed by atoms with Crippen molar-refractivity contribution >= 4 is 5.78 Å². The number of epoxide rings is 1. The van der Waals surface area contributed by atoms with E-state index in [1.54, 1.807) is 14.0 Å². The van der Waals surface area contributed by atoms with Crippen LogP contribution in [0.1, 0.15) is 6.92 Å². The third-order valence-corrected chi connectivity index (χ3v) is 2.05. The number of ether oxygens (including phenoxy) is 3. The maximum atomic E-state index is 11.1. The summed E-state index contributed by atoms with van der Waals surface area (Å²) in [5.41, 5.74) is 0. The van der Waals surface area contributed by atoms with Crippen LogP contribution in [0.5, 0.6) is 0 Å². The average Bonchev–Trinajstić information content (AvgIpc) is 2.76. The summed E-state index contributed by atoms with van der Waals surface area (Å²) in [5, 5.41) is 0. The molecule has 4 nitrogen and oxygen atoms in total. The van der Waals surface area contributed by atoms with Crippen LogP contribution in [0.25, 0.3) is 0 Å². The van der Waals surface area contributed by atoms with Crippen molar-refractivity contribution < 1.29 is 19.0 Å². The van der Waals surface area contributed by atoms with Gasteiger partial charge in [0, 0.05) is 7.11 Å². The lowest BCUT2D eigenvalue weighted by Gasteiger charge is -2.21. The van der Waals surface area contributed by atoms with Crippen LogP contribution in [0.4, 0.5) is 0 Å². The zero-order valence-corrected chi connectivity index (χ0v) is 6.44. The predicted molar refractivity (Wildman–Crippen MR) is 35.0 cm³/mol. The summed E-state index contributed by atoms with van der Waals surface area (Å²) >= 11 is 0. The largest absolute Gasteiger partial charge is 0.356 e. The highest BCUT2D eigenvalue weighted by Crippen LogP contribution is 2.34. The van der Waals surface area contributed by atoms with Crippen molar-refractivity contribution in [2.75, 3.05) is 7.11 Å². The molecule has 2 saturated heterocycles. The van der Waals surface area contributed by atoms with E-state index in [0.717, 1.165) is 0 Å². The highest BCUT2D eigenvalue weighted by atomic mass is 16.7. The van der Waals surface area contributed by atoms with Crippen molar-refractivity contribution in [3.05, 3.63) is 0 Å².